The smallest absolute Gasteiger partial charge is 0.128 e. The van der Waals surface area contributed by atoms with Crippen LogP contribution in [-0.2, 0) is 4.74 Å². The van der Waals surface area contributed by atoms with Crippen LogP contribution in [-0.4, -0.2) is 30.3 Å². The summed E-state index contributed by atoms with van der Waals surface area (Å²) in [5.41, 5.74) is 0.615. The number of piperidine rings is 1. The van der Waals surface area contributed by atoms with Crippen LogP contribution in [0.15, 0.2) is 18.3 Å². The lowest BCUT2D eigenvalue weighted by molar-refractivity contribution is 0.0482. The fourth-order valence-electron chi connectivity index (χ4n) is 3.27. The second-order valence-electron chi connectivity index (χ2n) is 4.99. The van der Waals surface area contributed by atoms with Gasteiger partial charge in [0.2, 0.25) is 0 Å². The second kappa shape index (κ2) is 4.58. The Hall–Kier alpha value is -1.60. The Kier molecular flexibility index (Phi) is 2.92. The van der Waals surface area contributed by atoms with Crippen molar-refractivity contribution < 1.29 is 4.74 Å². The van der Waals surface area contributed by atoms with Gasteiger partial charge in [0.1, 0.15) is 11.9 Å². The Balaban J connectivity index is 1.80. The Morgan fingerprint density at radius 2 is 2.39 bits per heavy atom. The standard InChI is InChI=1S/C14H17N3O/c1-2-18-14-11-4-5-12(14)17(9-11)13-6-3-10(7-15)8-16-13/h3,6,8,11-12,14H,2,4-5,9H2,1H3/t11-,12+,14-/m0/s1. The lowest BCUT2D eigenvalue weighted by Gasteiger charge is -2.28. The van der Waals surface area contributed by atoms with Gasteiger partial charge in [0.05, 0.1) is 17.7 Å². The van der Waals surface area contributed by atoms with Crippen molar-refractivity contribution in [2.75, 3.05) is 18.1 Å². The maximum Gasteiger partial charge on any atom is 0.128 e. The van der Waals surface area contributed by atoms with Crippen molar-refractivity contribution in [1.82, 2.24) is 4.98 Å². The van der Waals surface area contributed by atoms with Gasteiger partial charge in [0, 0.05) is 25.3 Å². The molecule has 1 aliphatic heterocycles. The summed E-state index contributed by atoms with van der Waals surface area (Å²) in [4.78, 5) is 6.74. The van der Waals surface area contributed by atoms with Crippen molar-refractivity contribution >= 4 is 5.82 Å². The van der Waals surface area contributed by atoms with E-state index in [1.807, 2.05) is 12.1 Å². The summed E-state index contributed by atoms with van der Waals surface area (Å²) in [6.07, 6.45) is 4.48. The van der Waals surface area contributed by atoms with Crippen molar-refractivity contribution in [3.8, 4) is 6.07 Å². The van der Waals surface area contributed by atoms with Crippen LogP contribution in [0.3, 0.4) is 0 Å². The predicted molar refractivity (Wildman–Crippen MR) is 68.2 cm³/mol. The first-order chi connectivity index (χ1) is 8.83. The molecule has 4 nitrogen and oxygen atoms in total. The van der Waals surface area contributed by atoms with Gasteiger partial charge in [-0.25, -0.2) is 4.98 Å². The summed E-state index contributed by atoms with van der Waals surface area (Å²) in [6.45, 7) is 3.88. The molecule has 2 heterocycles. The first-order valence-electron chi connectivity index (χ1n) is 6.58. The number of ether oxygens (including phenoxy) is 1. The number of fused-ring (bicyclic) bond motifs is 2. The van der Waals surface area contributed by atoms with E-state index in [4.69, 9.17) is 10.00 Å². The third-order valence-corrected chi connectivity index (χ3v) is 4.04. The van der Waals surface area contributed by atoms with Crippen molar-refractivity contribution in [3.63, 3.8) is 0 Å². The molecule has 2 fully saturated rings. The molecule has 4 heteroatoms. The number of aromatic nitrogens is 1. The van der Waals surface area contributed by atoms with E-state index >= 15 is 0 Å². The van der Waals surface area contributed by atoms with E-state index in [1.54, 1.807) is 6.20 Å². The zero-order chi connectivity index (χ0) is 12.5. The highest BCUT2D eigenvalue weighted by Gasteiger charge is 2.47. The molecule has 1 aromatic rings. The van der Waals surface area contributed by atoms with Crippen LogP contribution in [0.25, 0.3) is 0 Å². The van der Waals surface area contributed by atoms with Gasteiger partial charge in [-0.1, -0.05) is 0 Å². The number of nitriles is 1. The molecule has 1 saturated carbocycles. The van der Waals surface area contributed by atoms with Crippen LogP contribution in [0.4, 0.5) is 5.82 Å². The third-order valence-electron chi connectivity index (χ3n) is 4.04. The highest BCUT2D eigenvalue weighted by Crippen LogP contribution is 2.41. The molecule has 1 saturated heterocycles. The van der Waals surface area contributed by atoms with E-state index in [-0.39, 0.29) is 0 Å². The fraction of sp³-hybridized carbons (Fsp3) is 0.571. The number of pyridine rings is 1. The van der Waals surface area contributed by atoms with E-state index in [2.05, 4.69) is 22.9 Å². The fourth-order valence-corrected chi connectivity index (χ4v) is 3.27. The van der Waals surface area contributed by atoms with Crippen molar-refractivity contribution in [1.29, 1.82) is 5.26 Å². The van der Waals surface area contributed by atoms with Crippen LogP contribution in [0, 0.1) is 17.2 Å². The van der Waals surface area contributed by atoms with Gasteiger partial charge >= 0.3 is 0 Å². The average molecular weight is 243 g/mol. The number of rotatable bonds is 3. The monoisotopic (exact) mass is 243 g/mol. The second-order valence-corrected chi connectivity index (χ2v) is 4.99. The lowest BCUT2D eigenvalue weighted by Crippen LogP contribution is -2.35. The van der Waals surface area contributed by atoms with Crippen molar-refractivity contribution in [2.45, 2.75) is 31.9 Å². The van der Waals surface area contributed by atoms with Gasteiger partial charge in [-0.2, -0.15) is 5.26 Å². The molecular weight excluding hydrogens is 226 g/mol. The molecule has 18 heavy (non-hydrogen) atoms. The summed E-state index contributed by atoms with van der Waals surface area (Å²) in [6, 6.07) is 6.35. The molecule has 0 N–H and O–H groups in total. The van der Waals surface area contributed by atoms with Gasteiger partial charge < -0.3 is 9.64 Å². The van der Waals surface area contributed by atoms with Gasteiger partial charge in [0.15, 0.2) is 0 Å². The van der Waals surface area contributed by atoms with E-state index in [0.29, 0.717) is 23.6 Å². The molecule has 1 aromatic heterocycles. The normalized spacial score (nSPS) is 29.6. The minimum atomic E-state index is 0.368. The van der Waals surface area contributed by atoms with Gasteiger partial charge in [-0.15, -0.1) is 0 Å². The molecule has 0 aromatic carbocycles. The number of nitrogens with zero attached hydrogens (tertiary/aromatic N) is 3. The topological polar surface area (TPSA) is 49.1 Å². The molecule has 2 aliphatic rings. The summed E-state index contributed by atoms with van der Waals surface area (Å²) >= 11 is 0. The molecule has 94 valence electrons. The number of hydrogen-bond donors (Lipinski definition) is 0. The molecule has 0 spiro atoms. The molecule has 3 rings (SSSR count). The van der Waals surface area contributed by atoms with Gasteiger partial charge in [-0.3, -0.25) is 0 Å². The van der Waals surface area contributed by atoms with Crippen LogP contribution in [0.1, 0.15) is 25.3 Å². The van der Waals surface area contributed by atoms with E-state index in [9.17, 15) is 0 Å². The Labute approximate surface area is 107 Å². The van der Waals surface area contributed by atoms with Crippen molar-refractivity contribution in [2.24, 2.45) is 5.92 Å². The number of hydrogen-bond acceptors (Lipinski definition) is 4. The van der Waals surface area contributed by atoms with Gasteiger partial charge in [0.25, 0.3) is 0 Å². The maximum absolute atomic E-state index is 8.79. The SMILES string of the molecule is CCO[C@H]1[C@H]2CC[C@H]1N(c1ccc(C#N)cn1)C2. The van der Waals surface area contributed by atoms with E-state index < -0.39 is 0 Å². The minimum Gasteiger partial charge on any atom is -0.376 e. The van der Waals surface area contributed by atoms with Crippen molar-refractivity contribution in [3.05, 3.63) is 23.9 Å². The highest BCUT2D eigenvalue weighted by molar-refractivity contribution is 5.45. The van der Waals surface area contributed by atoms with E-state index in [0.717, 1.165) is 19.0 Å². The molecule has 0 unspecified atom stereocenters. The highest BCUT2D eigenvalue weighted by atomic mass is 16.5. The molecular formula is C14H17N3O. The first kappa shape index (κ1) is 11.5. The van der Waals surface area contributed by atoms with Gasteiger partial charge in [-0.05, 0) is 31.9 Å². The zero-order valence-corrected chi connectivity index (χ0v) is 10.5. The lowest BCUT2D eigenvalue weighted by atomic mass is 10.1. The third kappa shape index (κ3) is 1.75. The first-order valence-corrected chi connectivity index (χ1v) is 6.58. The predicted octanol–water partition coefficient (Wildman–Crippen LogP) is 1.96. The largest absolute Gasteiger partial charge is 0.376 e. The molecule has 0 amide bonds. The molecule has 0 radical (unpaired) electrons. The Bertz CT molecular complexity index is 465. The maximum atomic E-state index is 8.79. The van der Waals surface area contributed by atoms with Crippen LogP contribution in [0.2, 0.25) is 0 Å². The average Bonchev–Trinajstić information content (AvgIpc) is 2.97. The quantitative estimate of drug-likeness (QED) is 0.814. The molecule has 2 bridgehead atoms. The minimum absolute atomic E-state index is 0.368. The van der Waals surface area contributed by atoms with Crippen LogP contribution >= 0.6 is 0 Å². The summed E-state index contributed by atoms with van der Waals surface area (Å²) in [7, 11) is 0. The van der Waals surface area contributed by atoms with E-state index in [1.165, 1.54) is 12.8 Å². The molecule has 3 atom stereocenters. The zero-order valence-electron chi connectivity index (χ0n) is 10.5. The van der Waals surface area contributed by atoms with Crippen LogP contribution < -0.4 is 4.90 Å². The Morgan fingerprint density at radius 3 is 3.06 bits per heavy atom. The summed E-state index contributed by atoms with van der Waals surface area (Å²) in [5.74, 6) is 1.62. The Morgan fingerprint density at radius 1 is 1.50 bits per heavy atom. The number of anilines is 1. The van der Waals surface area contributed by atoms with Crippen LogP contribution in [0.5, 0.6) is 0 Å². The summed E-state index contributed by atoms with van der Waals surface area (Å²) < 4.78 is 5.86. The molecule has 1 aliphatic carbocycles. The summed E-state index contributed by atoms with van der Waals surface area (Å²) in [5, 5.41) is 8.79.